The second-order valence-corrected chi connectivity index (χ2v) is 10.2. The molecule has 1 N–H and O–H groups in total. The van der Waals surface area contributed by atoms with E-state index in [0.29, 0.717) is 21.5 Å². The summed E-state index contributed by atoms with van der Waals surface area (Å²) >= 11 is 0. The molecule has 6 nitrogen and oxygen atoms in total. The van der Waals surface area contributed by atoms with Gasteiger partial charge < -0.3 is 14.0 Å². The zero-order chi connectivity index (χ0) is 26.3. The fraction of sp³-hybridized carbons (Fsp3) is 0. The van der Waals surface area contributed by atoms with E-state index in [9.17, 15) is 18.3 Å². The molecule has 0 heterocycles. The van der Waals surface area contributed by atoms with Gasteiger partial charge in [0.15, 0.2) is 11.5 Å². The van der Waals surface area contributed by atoms with Crippen molar-refractivity contribution >= 4 is 48.4 Å². The molecular weight excluding hydrogens is 500 g/mol. The summed E-state index contributed by atoms with van der Waals surface area (Å²) in [6.45, 7) is 0. The van der Waals surface area contributed by atoms with Gasteiger partial charge in [-0.15, -0.1) is 0 Å². The summed E-state index contributed by atoms with van der Waals surface area (Å²) in [5, 5.41) is 14.5. The second-order valence-electron chi connectivity index (χ2n) is 8.70. The van der Waals surface area contributed by atoms with Gasteiger partial charge in [-0.05, 0) is 34.4 Å². The lowest BCUT2D eigenvalue weighted by molar-refractivity contribution is 0.0730. The van der Waals surface area contributed by atoms with Crippen molar-refractivity contribution in [1.29, 1.82) is 0 Å². The molecule has 0 amide bonds. The van der Waals surface area contributed by atoms with Crippen molar-refractivity contribution in [2.75, 3.05) is 0 Å². The maximum Gasteiger partial charge on any atom is 0.347 e. The number of rotatable bonds is 5. The third-order valence-electron chi connectivity index (χ3n) is 6.38. The molecule has 0 bridgehead atoms. The van der Waals surface area contributed by atoms with E-state index in [2.05, 4.69) is 0 Å². The topological polar surface area (TPSA) is 89.9 Å². The van der Waals surface area contributed by atoms with Crippen LogP contribution in [0.2, 0.25) is 0 Å². The van der Waals surface area contributed by atoms with Crippen LogP contribution in [0.1, 0.15) is 10.4 Å². The quantitative estimate of drug-likeness (QED) is 0.152. The van der Waals surface area contributed by atoms with Gasteiger partial charge in [-0.25, -0.2) is 4.79 Å². The zero-order valence-corrected chi connectivity index (χ0v) is 20.7. The van der Waals surface area contributed by atoms with Gasteiger partial charge in [-0.3, -0.25) is 0 Å². The lowest BCUT2D eigenvalue weighted by atomic mass is 10.1. The molecule has 0 radical (unpaired) electrons. The molecule has 6 aromatic carbocycles. The molecule has 0 aromatic heterocycles. The predicted octanol–water partition coefficient (Wildman–Crippen LogP) is 6.84. The third kappa shape index (κ3) is 4.09. The van der Waals surface area contributed by atoms with Crippen LogP contribution < -0.4 is 8.92 Å². The van der Waals surface area contributed by atoms with Crippen molar-refractivity contribution in [3.63, 3.8) is 0 Å². The number of hydrogen-bond acceptors (Lipinski definition) is 6. The minimum Gasteiger partial charge on any atom is -0.506 e. The molecule has 6 aromatic rings. The number of ether oxygens (including phenoxy) is 1. The van der Waals surface area contributed by atoms with E-state index in [4.69, 9.17) is 8.92 Å². The molecule has 7 heteroatoms. The van der Waals surface area contributed by atoms with Gasteiger partial charge in [-0.2, -0.15) is 8.42 Å². The summed E-state index contributed by atoms with van der Waals surface area (Å²) in [4.78, 5) is 13.0. The number of fused-ring (bicyclic) bond motifs is 3. The zero-order valence-electron chi connectivity index (χ0n) is 19.9. The first-order valence-electron chi connectivity index (χ1n) is 11.8. The van der Waals surface area contributed by atoms with Crippen molar-refractivity contribution in [3.05, 3.63) is 121 Å². The van der Waals surface area contributed by atoms with Gasteiger partial charge in [-0.1, -0.05) is 97.1 Å². The van der Waals surface area contributed by atoms with E-state index in [1.165, 1.54) is 12.1 Å². The summed E-state index contributed by atoms with van der Waals surface area (Å²) in [5.41, 5.74) is -0.0880. The molecule has 0 spiro atoms. The smallest absolute Gasteiger partial charge is 0.347 e. The Morgan fingerprint density at radius 2 is 1.16 bits per heavy atom. The highest BCUT2D eigenvalue weighted by atomic mass is 32.2. The minimum atomic E-state index is -4.44. The number of carbonyl (C=O) groups is 1. The van der Waals surface area contributed by atoms with Gasteiger partial charge in [0, 0.05) is 16.2 Å². The van der Waals surface area contributed by atoms with Crippen molar-refractivity contribution in [1.82, 2.24) is 0 Å². The Morgan fingerprint density at radius 1 is 0.605 bits per heavy atom. The summed E-state index contributed by atoms with van der Waals surface area (Å²) in [6.07, 6.45) is 0. The van der Waals surface area contributed by atoms with Crippen LogP contribution in [0.5, 0.6) is 17.2 Å². The average Bonchev–Trinajstić information content (AvgIpc) is 2.93. The highest BCUT2D eigenvalue weighted by molar-refractivity contribution is 7.87. The number of benzene rings is 6. The Labute approximate surface area is 218 Å². The molecule has 0 atom stereocenters. The highest BCUT2D eigenvalue weighted by Crippen LogP contribution is 2.37. The number of phenolic OH excluding ortho intramolecular Hbond substituents is 1. The predicted molar refractivity (Wildman–Crippen MR) is 146 cm³/mol. The molecule has 186 valence electrons. The van der Waals surface area contributed by atoms with Crippen LogP contribution in [-0.4, -0.2) is 19.5 Å². The standard InChI is InChI=1S/C31H20O6S/c32-29-24-13-5-2-9-21(24)16-18-26(29)31(33)36-30-25-14-6-3-10-22(25)17-19-28(30)38(34,35)37-27-15-7-11-20-8-1-4-12-23(20)27/h1-19,32H. The molecule has 0 aliphatic carbocycles. The van der Waals surface area contributed by atoms with E-state index in [1.807, 2.05) is 30.3 Å². The van der Waals surface area contributed by atoms with Crippen LogP contribution in [0.15, 0.2) is 120 Å². The molecule has 0 unspecified atom stereocenters. The Kier molecular flexibility index (Phi) is 5.70. The largest absolute Gasteiger partial charge is 0.506 e. The summed E-state index contributed by atoms with van der Waals surface area (Å²) < 4.78 is 38.5. The SMILES string of the molecule is O=C(Oc1c(S(=O)(=O)Oc2cccc3ccccc23)ccc2ccccc12)c1ccc2ccccc2c1O. The monoisotopic (exact) mass is 520 g/mol. The van der Waals surface area contributed by atoms with Crippen molar-refractivity contribution in [2.24, 2.45) is 0 Å². The number of hydrogen-bond donors (Lipinski definition) is 1. The highest BCUT2D eigenvalue weighted by Gasteiger charge is 2.27. The molecule has 38 heavy (non-hydrogen) atoms. The van der Waals surface area contributed by atoms with E-state index in [-0.39, 0.29) is 27.7 Å². The molecule has 0 saturated heterocycles. The summed E-state index contributed by atoms with van der Waals surface area (Å²) in [6, 6.07) is 32.5. The summed E-state index contributed by atoms with van der Waals surface area (Å²) in [7, 11) is -4.44. The fourth-order valence-electron chi connectivity index (χ4n) is 4.52. The van der Waals surface area contributed by atoms with Gasteiger partial charge in [0.05, 0.1) is 0 Å². The fourth-order valence-corrected chi connectivity index (χ4v) is 5.61. The first-order valence-corrected chi connectivity index (χ1v) is 13.2. The van der Waals surface area contributed by atoms with E-state index in [0.717, 1.165) is 10.8 Å². The molecular formula is C31H20O6S. The molecule has 0 aliphatic heterocycles. The first-order chi connectivity index (χ1) is 18.4. The Bertz CT molecular complexity index is 1970. The lowest BCUT2D eigenvalue weighted by Crippen LogP contribution is -2.15. The Morgan fingerprint density at radius 3 is 1.89 bits per heavy atom. The van der Waals surface area contributed by atoms with Crippen molar-refractivity contribution < 1.29 is 27.2 Å². The van der Waals surface area contributed by atoms with Crippen LogP contribution in [0, 0.1) is 0 Å². The molecule has 0 aliphatic rings. The number of carbonyl (C=O) groups excluding carboxylic acids is 1. The third-order valence-corrected chi connectivity index (χ3v) is 7.64. The van der Waals surface area contributed by atoms with Crippen LogP contribution in [0.3, 0.4) is 0 Å². The van der Waals surface area contributed by atoms with E-state index >= 15 is 0 Å². The Hall–Kier alpha value is -4.88. The normalized spacial score (nSPS) is 11.6. The van der Waals surface area contributed by atoms with Crippen LogP contribution in [0.25, 0.3) is 32.3 Å². The van der Waals surface area contributed by atoms with Gasteiger partial charge >= 0.3 is 16.1 Å². The average molecular weight is 521 g/mol. The molecule has 0 fully saturated rings. The lowest BCUT2D eigenvalue weighted by Gasteiger charge is -2.15. The van der Waals surface area contributed by atoms with Gasteiger partial charge in [0.2, 0.25) is 0 Å². The van der Waals surface area contributed by atoms with Crippen LogP contribution in [0.4, 0.5) is 0 Å². The number of aromatic hydroxyl groups is 1. The molecule has 6 rings (SSSR count). The number of phenols is 1. The minimum absolute atomic E-state index is 0.0880. The van der Waals surface area contributed by atoms with E-state index < -0.39 is 16.1 Å². The Balaban J connectivity index is 1.46. The van der Waals surface area contributed by atoms with Crippen LogP contribution in [-0.2, 0) is 10.1 Å². The molecule has 0 saturated carbocycles. The summed E-state index contributed by atoms with van der Waals surface area (Å²) in [5.74, 6) is -1.17. The van der Waals surface area contributed by atoms with Gasteiger partial charge in [0.25, 0.3) is 0 Å². The maximum atomic E-state index is 13.6. The van der Waals surface area contributed by atoms with E-state index in [1.54, 1.807) is 72.8 Å². The number of esters is 1. The first kappa shape index (κ1) is 23.5. The second kappa shape index (κ2) is 9.21. The van der Waals surface area contributed by atoms with Gasteiger partial charge in [0.1, 0.15) is 16.2 Å². The van der Waals surface area contributed by atoms with Crippen molar-refractivity contribution in [3.8, 4) is 17.2 Å². The van der Waals surface area contributed by atoms with Crippen molar-refractivity contribution in [2.45, 2.75) is 4.90 Å². The van der Waals surface area contributed by atoms with Crippen LogP contribution >= 0.6 is 0 Å². The maximum absolute atomic E-state index is 13.6.